The van der Waals surface area contributed by atoms with Crippen LogP contribution in [0.15, 0.2) is 0 Å². The predicted molar refractivity (Wildman–Crippen MR) is 59.1 cm³/mol. The van der Waals surface area contributed by atoms with Crippen LogP contribution in [0.1, 0.15) is 49.7 Å². The highest BCUT2D eigenvalue weighted by Gasteiger charge is 2.47. The summed E-state index contributed by atoms with van der Waals surface area (Å²) in [7, 11) is 0. The van der Waals surface area contributed by atoms with Gasteiger partial charge in [-0.25, -0.2) is 0 Å². The van der Waals surface area contributed by atoms with Gasteiger partial charge in [-0.05, 0) is 40.5 Å². The van der Waals surface area contributed by atoms with Gasteiger partial charge in [0.15, 0.2) is 0 Å². The van der Waals surface area contributed by atoms with Crippen LogP contribution in [0.2, 0.25) is 0 Å². The van der Waals surface area contributed by atoms with Crippen molar-refractivity contribution in [2.24, 2.45) is 0 Å². The van der Waals surface area contributed by atoms with Crippen molar-refractivity contribution in [2.45, 2.75) is 52.0 Å². The molecule has 0 N–H and O–H groups in total. The topological polar surface area (TPSA) is 34.9 Å². The third-order valence-electron chi connectivity index (χ3n) is 3.33. The number of rotatable bonds is 3. The minimum Gasteiger partial charge on any atom is -0.302 e. The van der Waals surface area contributed by atoms with Gasteiger partial charge in [-0.15, -0.1) is 0 Å². The van der Waals surface area contributed by atoms with E-state index in [4.69, 9.17) is 0 Å². The molecule has 0 amide bonds. The van der Waals surface area contributed by atoms with Crippen molar-refractivity contribution >= 4 is 6.29 Å². The third-order valence-corrected chi connectivity index (χ3v) is 3.33. The monoisotopic (exact) mass is 206 g/mol. The first-order chi connectivity index (χ1) is 7.02. The number of carbonyl (C=O) groups is 1. The lowest BCUT2D eigenvalue weighted by Gasteiger charge is -2.11. The lowest BCUT2D eigenvalue weighted by molar-refractivity contribution is -0.109. The van der Waals surface area contributed by atoms with Crippen LogP contribution in [0.4, 0.5) is 0 Å². The van der Waals surface area contributed by atoms with Crippen LogP contribution in [-0.4, -0.2) is 16.1 Å². The molecule has 1 saturated carbocycles. The molecular formula is C12H18N2O. The van der Waals surface area contributed by atoms with E-state index in [2.05, 4.69) is 25.9 Å². The van der Waals surface area contributed by atoms with Gasteiger partial charge in [0.05, 0.1) is 11.1 Å². The Hall–Kier alpha value is -1.12. The molecule has 2 rings (SSSR count). The Morgan fingerprint density at radius 3 is 2.33 bits per heavy atom. The van der Waals surface area contributed by atoms with Crippen LogP contribution >= 0.6 is 0 Å². The molecule has 0 unspecified atom stereocenters. The molecule has 1 aliphatic rings. The van der Waals surface area contributed by atoms with E-state index in [1.807, 2.05) is 11.6 Å². The molecule has 1 aromatic heterocycles. The summed E-state index contributed by atoms with van der Waals surface area (Å²) < 4.78 is 2.02. The van der Waals surface area contributed by atoms with E-state index in [0.717, 1.165) is 30.5 Å². The summed E-state index contributed by atoms with van der Waals surface area (Å²) >= 11 is 0. The number of aromatic nitrogens is 2. The second kappa shape index (κ2) is 3.19. The third kappa shape index (κ3) is 1.41. The Bertz CT molecular complexity index is 400. The van der Waals surface area contributed by atoms with Gasteiger partial charge in [0.1, 0.15) is 6.29 Å². The van der Waals surface area contributed by atoms with Gasteiger partial charge in [0, 0.05) is 17.3 Å². The standard InChI is InChI=1S/C12H18N2O/c1-8(2)14-10(4)11(9(3)13-14)12(7-15)5-6-12/h7-8H,5-6H2,1-4H3. The van der Waals surface area contributed by atoms with E-state index >= 15 is 0 Å². The zero-order chi connectivity index (χ0) is 11.2. The average Bonchev–Trinajstić information content (AvgIpc) is 2.89. The molecule has 0 spiro atoms. The summed E-state index contributed by atoms with van der Waals surface area (Å²) in [5.74, 6) is 0. The first kappa shape index (κ1) is 10.4. The summed E-state index contributed by atoms with van der Waals surface area (Å²) in [5.41, 5.74) is 3.16. The Morgan fingerprint density at radius 1 is 1.40 bits per heavy atom. The molecular weight excluding hydrogens is 188 g/mol. The van der Waals surface area contributed by atoms with Gasteiger partial charge >= 0.3 is 0 Å². The van der Waals surface area contributed by atoms with Crippen LogP contribution < -0.4 is 0 Å². The van der Waals surface area contributed by atoms with Crippen molar-refractivity contribution in [1.82, 2.24) is 9.78 Å². The number of hydrogen-bond acceptors (Lipinski definition) is 2. The fourth-order valence-electron chi connectivity index (χ4n) is 2.45. The highest BCUT2D eigenvalue weighted by Crippen LogP contribution is 2.48. The van der Waals surface area contributed by atoms with Crippen LogP contribution in [0.3, 0.4) is 0 Å². The SMILES string of the molecule is Cc1nn(C(C)C)c(C)c1C1(C=O)CC1. The van der Waals surface area contributed by atoms with Crippen molar-refractivity contribution in [2.75, 3.05) is 0 Å². The fraction of sp³-hybridized carbons (Fsp3) is 0.667. The molecule has 0 atom stereocenters. The Kier molecular flexibility index (Phi) is 2.21. The van der Waals surface area contributed by atoms with Crippen LogP contribution in [0, 0.1) is 13.8 Å². The second-order valence-corrected chi connectivity index (χ2v) is 4.86. The number of nitrogens with zero attached hydrogens (tertiary/aromatic N) is 2. The Balaban J connectivity index is 2.53. The van der Waals surface area contributed by atoms with Crippen molar-refractivity contribution in [1.29, 1.82) is 0 Å². The number of carbonyl (C=O) groups excluding carboxylic acids is 1. The van der Waals surface area contributed by atoms with E-state index in [1.165, 1.54) is 5.56 Å². The normalized spacial score (nSPS) is 18.2. The average molecular weight is 206 g/mol. The van der Waals surface area contributed by atoms with E-state index in [9.17, 15) is 4.79 Å². The smallest absolute Gasteiger partial charge is 0.130 e. The maximum Gasteiger partial charge on any atom is 0.130 e. The van der Waals surface area contributed by atoms with Crippen LogP contribution in [-0.2, 0) is 10.2 Å². The molecule has 0 radical (unpaired) electrons. The van der Waals surface area contributed by atoms with Crippen LogP contribution in [0.5, 0.6) is 0 Å². The van der Waals surface area contributed by atoms with Gasteiger partial charge < -0.3 is 4.79 Å². The summed E-state index contributed by atoms with van der Waals surface area (Å²) in [6, 6.07) is 0.361. The van der Waals surface area contributed by atoms with Gasteiger partial charge in [0.25, 0.3) is 0 Å². The first-order valence-electron chi connectivity index (χ1n) is 5.54. The molecule has 0 bridgehead atoms. The Labute approximate surface area is 90.5 Å². The lowest BCUT2D eigenvalue weighted by atomic mass is 9.96. The molecule has 1 aliphatic carbocycles. The quantitative estimate of drug-likeness (QED) is 0.711. The zero-order valence-electron chi connectivity index (χ0n) is 9.87. The minimum atomic E-state index is -0.193. The number of hydrogen-bond donors (Lipinski definition) is 0. The summed E-state index contributed by atoms with van der Waals surface area (Å²) in [5, 5.41) is 4.52. The predicted octanol–water partition coefficient (Wildman–Crippen LogP) is 2.31. The van der Waals surface area contributed by atoms with Gasteiger partial charge in [0.2, 0.25) is 0 Å². The van der Waals surface area contributed by atoms with E-state index in [1.54, 1.807) is 0 Å². The molecule has 3 heteroatoms. The van der Waals surface area contributed by atoms with E-state index in [-0.39, 0.29) is 5.41 Å². The maximum atomic E-state index is 11.1. The summed E-state index contributed by atoms with van der Waals surface area (Å²) in [4.78, 5) is 11.1. The van der Waals surface area contributed by atoms with Crippen molar-refractivity contribution < 1.29 is 4.79 Å². The molecule has 1 fully saturated rings. The number of aldehydes is 1. The minimum absolute atomic E-state index is 0.193. The van der Waals surface area contributed by atoms with Gasteiger partial charge in [-0.3, -0.25) is 4.68 Å². The summed E-state index contributed by atoms with van der Waals surface area (Å²) in [6.07, 6.45) is 3.08. The van der Waals surface area contributed by atoms with Gasteiger partial charge in [-0.1, -0.05) is 0 Å². The van der Waals surface area contributed by atoms with Crippen molar-refractivity contribution in [3.05, 3.63) is 17.0 Å². The van der Waals surface area contributed by atoms with Crippen molar-refractivity contribution in [3.8, 4) is 0 Å². The fourth-order valence-corrected chi connectivity index (χ4v) is 2.45. The Morgan fingerprint density at radius 2 is 2.00 bits per heavy atom. The zero-order valence-corrected chi connectivity index (χ0v) is 9.87. The van der Waals surface area contributed by atoms with Crippen molar-refractivity contribution in [3.63, 3.8) is 0 Å². The second-order valence-electron chi connectivity index (χ2n) is 4.86. The molecule has 0 saturated heterocycles. The van der Waals surface area contributed by atoms with Gasteiger partial charge in [-0.2, -0.15) is 5.10 Å². The highest BCUT2D eigenvalue weighted by atomic mass is 16.1. The van der Waals surface area contributed by atoms with Crippen LogP contribution in [0.25, 0.3) is 0 Å². The molecule has 3 nitrogen and oxygen atoms in total. The molecule has 0 aromatic carbocycles. The van der Waals surface area contributed by atoms with E-state index in [0.29, 0.717) is 6.04 Å². The number of aryl methyl sites for hydroxylation is 1. The largest absolute Gasteiger partial charge is 0.302 e. The molecule has 1 heterocycles. The molecule has 1 aromatic rings. The summed E-state index contributed by atoms with van der Waals surface area (Å²) in [6.45, 7) is 8.30. The molecule has 0 aliphatic heterocycles. The highest BCUT2D eigenvalue weighted by molar-refractivity contribution is 5.74. The maximum absolute atomic E-state index is 11.1. The lowest BCUT2D eigenvalue weighted by Crippen LogP contribution is -2.11. The first-order valence-corrected chi connectivity index (χ1v) is 5.54. The molecule has 82 valence electrons. The molecule has 15 heavy (non-hydrogen) atoms. The van der Waals surface area contributed by atoms with E-state index < -0.39 is 0 Å².